The van der Waals surface area contributed by atoms with Crippen LogP contribution >= 0.6 is 0 Å². The summed E-state index contributed by atoms with van der Waals surface area (Å²) in [5, 5.41) is 0. The number of hydrogen-bond donors (Lipinski definition) is 0. The molecule has 0 amide bonds. The summed E-state index contributed by atoms with van der Waals surface area (Å²) in [5.41, 5.74) is 0. The Morgan fingerprint density at radius 2 is 2.36 bits per heavy atom. The van der Waals surface area contributed by atoms with Crippen LogP contribution in [0.3, 0.4) is 0 Å². The van der Waals surface area contributed by atoms with Crippen molar-refractivity contribution < 1.29 is 9.39 Å². The zero-order valence-electron chi connectivity index (χ0n) is 9.21. The monoisotopic (exact) mass is 194 g/mol. The van der Waals surface area contributed by atoms with E-state index in [1.54, 1.807) is 0 Å². The second-order valence-electron chi connectivity index (χ2n) is 3.57. The zero-order valence-corrected chi connectivity index (χ0v) is 9.21. The first kappa shape index (κ1) is 11.6. The summed E-state index contributed by atoms with van der Waals surface area (Å²) in [4.78, 5) is 0. The molecule has 1 aliphatic rings. The molecule has 0 N–H and O–H groups in total. The minimum Gasteiger partial charge on any atom is -0.424 e. The summed E-state index contributed by atoms with van der Waals surface area (Å²) in [6, 6.07) is 0. The topological polar surface area (TPSA) is 18.5 Å². The summed E-state index contributed by atoms with van der Waals surface area (Å²) in [6.45, 7) is 6.67. The average Bonchev–Trinajstić information content (AvgIpc) is 2.70. The summed E-state index contributed by atoms with van der Waals surface area (Å²) in [5.74, 6) is 6.86. The van der Waals surface area contributed by atoms with Gasteiger partial charge in [0.15, 0.2) is 0 Å². The van der Waals surface area contributed by atoms with Gasteiger partial charge in [-0.25, -0.2) is 0 Å². The van der Waals surface area contributed by atoms with Gasteiger partial charge in [-0.3, -0.25) is 0 Å². The minimum atomic E-state index is 0.0917. The third-order valence-electron chi connectivity index (χ3n) is 2.36. The van der Waals surface area contributed by atoms with Crippen LogP contribution in [0.5, 0.6) is 0 Å². The van der Waals surface area contributed by atoms with Crippen LogP contribution in [-0.2, 0) is 9.39 Å². The van der Waals surface area contributed by atoms with Crippen molar-refractivity contribution in [3.8, 4) is 11.7 Å². The van der Waals surface area contributed by atoms with Gasteiger partial charge in [0.05, 0.1) is 0 Å². The third kappa shape index (κ3) is 3.73. The fourth-order valence-corrected chi connectivity index (χ4v) is 1.56. The van der Waals surface area contributed by atoms with Crippen LogP contribution in [0, 0.1) is 11.7 Å². The number of unbranched alkanes of at least 4 members (excludes halogenated alkanes) is 1. The molecule has 0 radical (unpaired) electrons. The fraction of sp³-hybridized carbons (Fsp3) is 0.818. The maximum atomic E-state index is 5.62. The van der Waals surface area contributed by atoms with Gasteiger partial charge in [0.25, 0.3) is 0 Å². The van der Waals surface area contributed by atoms with E-state index in [0.29, 0.717) is 5.82 Å². The van der Waals surface area contributed by atoms with Crippen molar-refractivity contribution in [2.45, 2.75) is 38.9 Å². The standard InChI is InChI=1S/C11H19BO2/c1-3-5-6-8-12(14-4-2)11-7-9-13-10-11/h11H,3-5,7,9-10H2,1-2H3. The van der Waals surface area contributed by atoms with E-state index in [-0.39, 0.29) is 6.92 Å². The molecule has 1 unspecified atom stereocenters. The lowest BCUT2D eigenvalue weighted by molar-refractivity contribution is 0.196. The van der Waals surface area contributed by atoms with Gasteiger partial charge in [0.1, 0.15) is 0 Å². The molecule has 0 aromatic heterocycles. The second kappa shape index (κ2) is 6.92. The lowest BCUT2D eigenvalue weighted by Crippen LogP contribution is -2.24. The first-order valence-electron chi connectivity index (χ1n) is 5.56. The molecular weight excluding hydrogens is 175 g/mol. The minimum absolute atomic E-state index is 0.0917. The Labute approximate surface area is 87.5 Å². The maximum Gasteiger partial charge on any atom is 0.385 e. The molecule has 0 bridgehead atoms. The zero-order chi connectivity index (χ0) is 10.2. The van der Waals surface area contributed by atoms with Crippen LogP contribution in [-0.4, -0.2) is 26.7 Å². The predicted molar refractivity (Wildman–Crippen MR) is 59.3 cm³/mol. The molecule has 1 aliphatic heterocycles. The van der Waals surface area contributed by atoms with Crippen molar-refractivity contribution in [1.82, 2.24) is 0 Å². The molecule has 0 aliphatic carbocycles. The van der Waals surface area contributed by atoms with Crippen molar-refractivity contribution in [2.75, 3.05) is 19.8 Å². The molecule has 14 heavy (non-hydrogen) atoms. The quantitative estimate of drug-likeness (QED) is 0.504. The van der Waals surface area contributed by atoms with Gasteiger partial charge in [-0.05, 0) is 19.8 Å². The SMILES string of the molecule is CCCC#CB(OCC)C1CCOC1. The second-order valence-corrected chi connectivity index (χ2v) is 3.57. The Kier molecular flexibility index (Phi) is 5.74. The van der Waals surface area contributed by atoms with E-state index in [9.17, 15) is 0 Å². The van der Waals surface area contributed by atoms with Crippen LogP contribution in [0.1, 0.15) is 33.1 Å². The Morgan fingerprint density at radius 3 is 2.93 bits per heavy atom. The summed E-state index contributed by atoms with van der Waals surface area (Å²) < 4.78 is 11.0. The van der Waals surface area contributed by atoms with Gasteiger partial charge < -0.3 is 9.39 Å². The van der Waals surface area contributed by atoms with Gasteiger partial charge in [0.2, 0.25) is 0 Å². The third-order valence-corrected chi connectivity index (χ3v) is 2.36. The van der Waals surface area contributed by atoms with Crippen LogP contribution in [0.4, 0.5) is 0 Å². The van der Waals surface area contributed by atoms with Crippen molar-refractivity contribution >= 4 is 6.92 Å². The normalized spacial score (nSPS) is 20.3. The number of rotatable bonds is 4. The van der Waals surface area contributed by atoms with Gasteiger partial charge in [0, 0.05) is 32.1 Å². The molecular formula is C11H19BO2. The summed E-state index contributed by atoms with van der Waals surface area (Å²) in [7, 11) is 0. The van der Waals surface area contributed by atoms with E-state index in [2.05, 4.69) is 18.7 Å². The molecule has 1 heterocycles. The average molecular weight is 194 g/mol. The van der Waals surface area contributed by atoms with E-state index in [0.717, 1.165) is 39.1 Å². The Bertz CT molecular complexity index is 201. The smallest absolute Gasteiger partial charge is 0.385 e. The highest BCUT2D eigenvalue weighted by Gasteiger charge is 2.29. The van der Waals surface area contributed by atoms with Crippen molar-refractivity contribution in [2.24, 2.45) is 0 Å². The Balaban J connectivity index is 2.41. The van der Waals surface area contributed by atoms with Gasteiger partial charge in [-0.15, -0.1) is 11.7 Å². The van der Waals surface area contributed by atoms with E-state index < -0.39 is 0 Å². The molecule has 1 fully saturated rings. The largest absolute Gasteiger partial charge is 0.424 e. The predicted octanol–water partition coefficient (Wildman–Crippen LogP) is 2.15. The van der Waals surface area contributed by atoms with Crippen molar-refractivity contribution in [3.63, 3.8) is 0 Å². The molecule has 1 atom stereocenters. The first-order valence-corrected chi connectivity index (χ1v) is 5.56. The lowest BCUT2D eigenvalue weighted by Gasteiger charge is -2.11. The van der Waals surface area contributed by atoms with E-state index in [1.165, 1.54) is 0 Å². The van der Waals surface area contributed by atoms with Gasteiger partial charge in [-0.2, -0.15) is 0 Å². The van der Waals surface area contributed by atoms with Crippen molar-refractivity contribution in [3.05, 3.63) is 0 Å². The van der Waals surface area contributed by atoms with Crippen LogP contribution in [0.25, 0.3) is 0 Å². The lowest BCUT2D eigenvalue weighted by atomic mass is 9.56. The van der Waals surface area contributed by atoms with E-state index in [4.69, 9.17) is 9.39 Å². The number of hydrogen-bond acceptors (Lipinski definition) is 2. The molecule has 0 spiro atoms. The van der Waals surface area contributed by atoms with Gasteiger partial charge >= 0.3 is 6.92 Å². The van der Waals surface area contributed by atoms with Crippen LogP contribution < -0.4 is 0 Å². The number of ether oxygens (including phenoxy) is 1. The molecule has 0 saturated carbocycles. The van der Waals surface area contributed by atoms with Gasteiger partial charge in [-0.1, -0.05) is 6.92 Å². The molecule has 1 saturated heterocycles. The molecule has 2 nitrogen and oxygen atoms in total. The van der Waals surface area contributed by atoms with Crippen molar-refractivity contribution in [1.29, 1.82) is 0 Å². The molecule has 0 aromatic rings. The Hall–Kier alpha value is -0.455. The highest BCUT2D eigenvalue weighted by Crippen LogP contribution is 2.22. The molecule has 0 aromatic carbocycles. The molecule has 1 rings (SSSR count). The maximum absolute atomic E-state index is 5.62. The Morgan fingerprint density at radius 1 is 1.50 bits per heavy atom. The highest BCUT2D eigenvalue weighted by molar-refractivity contribution is 6.62. The van der Waals surface area contributed by atoms with Crippen LogP contribution in [0.15, 0.2) is 0 Å². The highest BCUT2D eigenvalue weighted by atomic mass is 16.5. The van der Waals surface area contributed by atoms with Crippen LogP contribution in [0.2, 0.25) is 5.82 Å². The van der Waals surface area contributed by atoms with E-state index in [1.807, 2.05) is 6.92 Å². The first-order chi connectivity index (χ1) is 6.88. The molecule has 78 valence electrons. The fourth-order valence-electron chi connectivity index (χ4n) is 1.56. The summed E-state index contributed by atoms with van der Waals surface area (Å²) >= 11 is 0. The summed E-state index contributed by atoms with van der Waals surface area (Å²) in [6.07, 6.45) is 3.18. The van der Waals surface area contributed by atoms with E-state index >= 15 is 0 Å². The molecule has 3 heteroatoms.